The second-order valence-electron chi connectivity index (χ2n) is 2.48. The van der Waals surface area contributed by atoms with Crippen LogP contribution in [0.1, 0.15) is 16.3 Å². The minimum absolute atomic E-state index is 0.789. The van der Waals surface area contributed by atoms with Crippen molar-refractivity contribution in [3.63, 3.8) is 0 Å². The molecule has 0 radical (unpaired) electrons. The first-order valence-corrected chi connectivity index (χ1v) is 4.70. The van der Waals surface area contributed by atoms with Crippen LogP contribution in [0, 0.1) is 19.3 Å². The van der Waals surface area contributed by atoms with Crippen molar-refractivity contribution in [3.05, 3.63) is 16.1 Å². The van der Waals surface area contributed by atoms with Crippen LogP contribution in [0.25, 0.3) is 0 Å². The van der Waals surface area contributed by atoms with Crippen LogP contribution >= 0.6 is 11.3 Å². The van der Waals surface area contributed by atoms with Crippen LogP contribution in [0.15, 0.2) is 6.20 Å². The third kappa shape index (κ3) is 3.04. The predicted octanol–water partition coefficient (Wildman–Crippen LogP) is 1.56. The van der Waals surface area contributed by atoms with E-state index < -0.39 is 0 Å². The van der Waals surface area contributed by atoms with Gasteiger partial charge in [0.05, 0.1) is 5.01 Å². The van der Waals surface area contributed by atoms with Gasteiger partial charge in [-0.25, -0.2) is 4.98 Å². The molecule has 0 fully saturated rings. The molecule has 1 N–H and O–H groups in total. The number of nitrogens with one attached hydrogen (secondary N) is 1. The summed E-state index contributed by atoms with van der Waals surface area (Å²) in [6.45, 7) is 3.77. The molecule has 0 spiro atoms. The number of aromatic nitrogens is 1. The van der Waals surface area contributed by atoms with Crippen molar-refractivity contribution in [2.45, 2.75) is 19.9 Å². The number of aryl methyl sites for hydroxylation is 1. The van der Waals surface area contributed by atoms with E-state index in [4.69, 9.17) is 6.42 Å². The van der Waals surface area contributed by atoms with E-state index in [2.05, 4.69) is 16.2 Å². The minimum Gasteiger partial charge on any atom is -0.311 e. The molecular weight excluding hydrogens is 168 g/mol. The van der Waals surface area contributed by atoms with Crippen LogP contribution in [0.3, 0.4) is 0 Å². The molecule has 3 heteroatoms. The Hall–Kier alpha value is -0.850. The molecule has 2 nitrogen and oxygen atoms in total. The van der Waals surface area contributed by atoms with Gasteiger partial charge in [-0.05, 0) is 6.92 Å². The maximum Gasteiger partial charge on any atom is 0.0897 e. The SMILES string of the molecule is C#CCCNCc1cnc(C)s1. The van der Waals surface area contributed by atoms with Crippen LogP contribution < -0.4 is 5.32 Å². The lowest BCUT2D eigenvalue weighted by Crippen LogP contribution is -2.13. The predicted molar refractivity (Wildman–Crippen MR) is 52.0 cm³/mol. The number of hydrogen-bond acceptors (Lipinski definition) is 3. The molecule has 0 aliphatic rings. The molecular formula is C9H12N2S. The van der Waals surface area contributed by atoms with Crippen molar-refractivity contribution >= 4 is 11.3 Å². The van der Waals surface area contributed by atoms with Gasteiger partial charge in [0.1, 0.15) is 0 Å². The average Bonchev–Trinajstić information content (AvgIpc) is 2.45. The normalized spacial score (nSPS) is 9.67. The number of hydrogen-bond donors (Lipinski definition) is 1. The zero-order chi connectivity index (χ0) is 8.81. The molecule has 0 aliphatic heterocycles. The number of thiazole rings is 1. The van der Waals surface area contributed by atoms with Gasteiger partial charge in [0.25, 0.3) is 0 Å². The summed E-state index contributed by atoms with van der Waals surface area (Å²) in [4.78, 5) is 5.42. The molecule has 0 aliphatic carbocycles. The van der Waals surface area contributed by atoms with Gasteiger partial charge in [-0.3, -0.25) is 0 Å². The molecule has 0 bridgehead atoms. The van der Waals surface area contributed by atoms with Gasteiger partial charge in [-0.2, -0.15) is 0 Å². The largest absolute Gasteiger partial charge is 0.311 e. The Balaban J connectivity index is 2.21. The van der Waals surface area contributed by atoms with E-state index >= 15 is 0 Å². The molecule has 64 valence electrons. The summed E-state index contributed by atoms with van der Waals surface area (Å²) in [5, 5.41) is 4.36. The Morgan fingerprint density at radius 3 is 3.17 bits per heavy atom. The zero-order valence-electron chi connectivity index (χ0n) is 7.13. The summed E-state index contributed by atoms with van der Waals surface area (Å²) in [5.74, 6) is 2.58. The Bertz CT molecular complexity index is 272. The van der Waals surface area contributed by atoms with E-state index in [9.17, 15) is 0 Å². The first-order chi connectivity index (χ1) is 5.83. The number of nitrogens with zero attached hydrogens (tertiary/aromatic N) is 1. The van der Waals surface area contributed by atoms with E-state index in [1.807, 2.05) is 13.1 Å². The van der Waals surface area contributed by atoms with Crippen molar-refractivity contribution in [2.24, 2.45) is 0 Å². The van der Waals surface area contributed by atoms with E-state index in [-0.39, 0.29) is 0 Å². The van der Waals surface area contributed by atoms with E-state index in [0.717, 1.165) is 24.5 Å². The van der Waals surface area contributed by atoms with Gasteiger partial charge >= 0.3 is 0 Å². The lowest BCUT2D eigenvalue weighted by Gasteiger charge is -1.97. The van der Waals surface area contributed by atoms with Crippen molar-refractivity contribution in [2.75, 3.05) is 6.54 Å². The van der Waals surface area contributed by atoms with Crippen LogP contribution in [-0.2, 0) is 6.54 Å². The first-order valence-electron chi connectivity index (χ1n) is 3.88. The van der Waals surface area contributed by atoms with Crippen molar-refractivity contribution in [1.82, 2.24) is 10.3 Å². The van der Waals surface area contributed by atoms with E-state index in [1.165, 1.54) is 4.88 Å². The summed E-state index contributed by atoms with van der Waals surface area (Å²) < 4.78 is 0. The van der Waals surface area contributed by atoms with Crippen LogP contribution in [0.2, 0.25) is 0 Å². The summed E-state index contributed by atoms with van der Waals surface area (Å²) in [5.41, 5.74) is 0. The van der Waals surface area contributed by atoms with Crippen molar-refractivity contribution in [3.8, 4) is 12.3 Å². The van der Waals surface area contributed by atoms with Gasteiger partial charge in [-0.15, -0.1) is 23.7 Å². The Morgan fingerprint density at radius 2 is 2.58 bits per heavy atom. The molecule has 0 saturated heterocycles. The third-order valence-corrected chi connectivity index (χ3v) is 2.33. The van der Waals surface area contributed by atoms with E-state index in [1.54, 1.807) is 11.3 Å². The lowest BCUT2D eigenvalue weighted by molar-refractivity contribution is 0.708. The average molecular weight is 180 g/mol. The molecule has 1 rings (SSSR count). The summed E-state index contributed by atoms with van der Waals surface area (Å²) in [6.07, 6.45) is 7.81. The maximum absolute atomic E-state index is 5.11. The molecule has 0 atom stereocenters. The van der Waals surface area contributed by atoms with Gasteiger partial charge in [0.15, 0.2) is 0 Å². The lowest BCUT2D eigenvalue weighted by atomic mass is 10.4. The standard InChI is InChI=1S/C9H12N2S/c1-3-4-5-10-6-9-7-11-8(2)12-9/h1,7,10H,4-6H2,2H3. The highest BCUT2D eigenvalue weighted by molar-refractivity contribution is 7.11. The molecule has 1 heterocycles. The highest BCUT2D eigenvalue weighted by Crippen LogP contribution is 2.10. The molecule has 0 aromatic carbocycles. The first kappa shape index (κ1) is 9.24. The van der Waals surface area contributed by atoms with Crippen LogP contribution in [0.5, 0.6) is 0 Å². The Kier molecular flexibility index (Phi) is 3.78. The van der Waals surface area contributed by atoms with Crippen LogP contribution in [-0.4, -0.2) is 11.5 Å². The van der Waals surface area contributed by atoms with Crippen molar-refractivity contribution < 1.29 is 0 Å². The second kappa shape index (κ2) is 4.91. The fourth-order valence-corrected chi connectivity index (χ4v) is 1.62. The smallest absolute Gasteiger partial charge is 0.0897 e. The summed E-state index contributed by atoms with van der Waals surface area (Å²) in [6, 6.07) is 0. The molecule has 1 aromatic heterocycles. The third-order valence-electron chi connectivity index (χ3n) is 1.41. The summed E-state index contributed by atoms with van der Waals surface area (Å²) in [7, 11) is 0. The highest BCUT2D eigenvalue weighted by Gasteiger charge is 1.95. The summed E-state index contributed by atoms with van der Waals surface area (Å²) >= 11 is 1.72. The molecule has 0 unspecified atom stereocenters. The number of terminal acetylenes is 1. The van der Waals surface area contributed by atoms with E-state index in [0.29, 0.717) is 0 Å². The van der Waals surface area contributed by atoms with Gasteiger partial charge in [0, 0.05) is 30.6 Å². The van der Waals surface area contributed by atoms with Gasteiger partial charge < -0.3 is 5.32 Å². The highest BCUT2D eigenvalue weighted by atomic mass is 32.1. The molecule has 1 aromatic rings. The Morgan fingerprint density at radius 1 is 1.75 bits per heavy atom. The van der Waals surface area contributed by atoms with Gasteiger partial charge in [0.2, 0.25) is 0 Å². The molecule has 0 saturated carbocycles. The quantitative estimate of drug-likeness (QED) is 0.562. The molecule has 12 heavy (non-hydrogen) atoms. The fraction of sp³-hybridized carbons (Fsp3) is 0.444. The maximum atomic E-state index is 5.11. The van der Waals surface area contributed by atoms with Crippen molar-refractivity contribution in [1.29, 1.82) is 0 Å². The molecule has 0 amide bonds. The second-order valence-corrected chi connectivity index (χ2v) is 3.80. The monoisotopic (exact) mass is 180 g/mol. The zero-order valence-corrected chi connectivity index (χ0v) is 7.95. The fourth-order valence-electron chi connectivity index (χ4n) is 0.859. The number of rotatable bonds is 4. The topological polar surface area (TPSA) is 24.9 Å². The van der Waals surface area contributed by atoms with Crippen LogP contribution in [0.4, 0.5) is 0 Å². The van der Waals surface area contributed by atoms with Gasteiger partial charge in [-0.1, -0.05) is 0 Å². The minimum atomic E-state index is 0.789. The Labute approximate surface area is 77.0 Å².